The average Bonchev–Trinajstić information content (AvgIpc) is 2.62. The molecule has 1 amide bonds. The highest BCUT2D eigenvalue weighted by Crippen LogP contribution is 2.24. The lowest BCUT2D eigenvalue weighted by Crippen LogP contribution is -2.30. The number of carbonyl (C=O) groups is 2. The molecule has 0 bridgehead atoms. The van der Waals surface area contributed by atoms with Crippen LogP contribution in [0.25, 0.3) is 0 Å². The molecule has 0 saturated carbocycles. The number of phenolic OH excluding ortho intramolecular Hbond substituents is 2. The molecule has 0 unspecified atom stereocenters. The van der Waals surface area contributed by atoms with E-state index in [1.165, 1.54) is 23.8 Å². The molecule has 0 fully saturated rings. The number of nitrogens with one attached hydrogen (secondary N) is 1. The van der Waals surface area contributed by atoms with Crippen LogP contribution in [-0.4, -0.2) is 35.2 Å². The van der Waals surface area contributed by atoms with E-state index in [-0.39, 0.29) is 24.0 Å². The van der Waals surface area contributed by atoms with E-state index < -0.39 is 5.97 Å². The van der Waals surface area contributed by atoms with Gasteiger partial charge in [0.25, 0.3) is 5.91 Å². The molecular formula is C21H29NO5. The number of esters is 1. The van der Waals surface area contributed by atoms with Crippen LogP contribution in [0.4, 0.5) is 0 Å². The van der Waals surface area contributed by atoms with E-state index in [4.69, 9.17) is 4.74 Å². The first-order valence-electron chi connectivity index (χ1n) is 9.09. The quantitative estimate of drug-likeness (QED) is 0.252. The van der Waals surface area contributed by atoms with Crippen molar-refractivity contribution in [3.63, 3.8) is 0 Å². The number of hydrogen-bond acceptors (Lipinski definition) is 5. The molecule has 0 saturated heterocycles. The van der Waals surface area contributed by atoms with Crippen LogP contribution in [0.3, 0.4) is 0 Å². The molecule has 0 aliphatic carbocycles. The van der Waals surface area contributed by atoms with Gasteiger partial charge >= 0.3 is 5.97 Å². The summed E-state index contributed by atoms with van der Waals surface area (Å²) in [7, 11) is 0. The van der Waals surface area contributed by atoms with E-state index in [0.717, 1.165) is 30.4 Å². The zero-order valence-electron chi connectivity index (χ0n) is 16.2. The maximum absolute atomic E-state index is 11.7. The minimum absolute atomic E-state index is 0.186. The van der Waals surface area contributed by atoms with Crippen molar-refractivity contribution in [3.8, 4) is 11.5 Å². The Morgan fingerprint density at radius 2 is 1.89 bits per heavy atom. The fraction of sp³-hybridized carbons (Fsp3) is 0.429. The summed E-state index contributed by atoms with van der Waals surface area (Å²) in [6.07, 6.45) is 6.73. The van der Waals surface area contributed by atoms with E-state index in [1.807, 2.05) is 6.92 Å². The van der Waals surface area contributed by atoms with Gasteiger partial charge in [-0.25, -0.2) is 4.79 Å². The van der Waals surface area contributed by atoms with Gasteiger partial charge in [-0.1, -0.05) is 30.2 Å². The number of ether oxygens (including phenoxy) is 1. The van der Waals surface area contributed by atoms with Crippen molar-refractivity contribution in [2.75, 3.05) is 13.2 Å². The highest BCUT2D eigenvalue weighted by molar-refractivity contribution is 5.86. The molecule has 27 heavy (non-hydrogen) atoms. The zero-order valence-corrected chi connectivity index (χ0v) is 16.2. The SMILES string of the molecule is CC/C(C)=C\CC/C(C)=C/C(=O)OCC(=O)NCCc1ccc(O)c(O)c1. The Hall–Kier alpha value is -2.76. The number of hydrogen-bond donors (Lipinski definition) is 3. The van der Waals surface area contributed by atoms with Crippen LogP contribution < -0.4 is 5.32 Å². The number of benzene rings is 1. The van der Waals surface area contributed by atoms with Gasteiger partial charge in [0.2, 0.25) is 0 Å². The van der Waals surface area contributed by atoms with E-state index >= 15 is 0 Å². The molecule has 1 aromatic rings. The first-order chi connectivity index (χ1) is 12.8. The second-order valence-corrected chi connectivity index (χ2v) is 6.46. The van der Waals surface area contributed by atoms with Crippen molar-refractivity contribution < 1.29 is 24.5 Å². The van der Waals surface area contributed by atoms with Gasteiger partial charge in [-0.2, -0.15) is 0 Å². The van der Waals surface area contributed by atoms with Gasteiger partial charge < -0.3 is 20.3 Å². The highest BCUT2D eigenvalue weighted by Gasteiger charge is 2.06. The maximum atomic E-state index is 11.7. The molecule has 148 valence electrons. The fourth-order valence-electron chi connectivity index (χ4n) is 2.26. The smallest absolute Gasteiger partial charge is 0.331 e. The van der Waals surface area contributed by atoms with Crippen molar-refractivity contribution in [1.29, 1.82) is 0 Å². The number of aromatic hydroxyl groups is 2. The number of allylic oxidation sites excluding steroid dienone is 3. The third-order valence-corrected chi connectivity index (χ3v) is 4.07. The average molecular weight is 375 g/mol. The summed E-state index contributed by atoms with van der Waals surface area (Å²) >= 11 is 0. The summed E-state index contributed by atoms with van der Waals surface area (Å²) < 4.78 is 4.94. The van der Waals surface area contributed by atoms with Gasteiger partial charge in [-0.05, 0) is 57.2 Å². The van der Waals surface area contributed by atoms with Crippen LogP contribution in [0, 0.1) is 0 Å². The molecule has 0 aliphatic heterocycles. The van der Waals surface area contributed by atoms with Gasteiger partial charge in [-0.15, -0.1) is 0 Å². The van der Waals surface area contributed by atoms with Crippen molar-refractivity contribution in [2.45, 2.75) is 46.5 Å². The molecule has 0 aromatic heterocycles. The molecule has 6 nitrogen and oxygen atoms in total. The molecule has 0 heterocycles. The molecule has 0 atom stereocenters. The maximum Gasteiger partial charge on any atom is 0.331 e. The molecular weight excluding hydrogens is 346 g/mol. The molecule has 0 aliphatic rings. The third kappa shape index (κ3) is 9.49. The molecule has 0 spiro atoms. The predicted molar refractivity (Wildman–Crippen MR) is 104 cm³/mol. The standard InChI is InChI=1S/C21H29NO5/c1-4-15(2)6-5-7-16(3)12-21(26)27-14-20(25)22-11-10-17-8-9-18(23)19(24)13-17/h6,8-9,12-13,23-24H,4-5,7,10-11,14H2,1-3H3,(H,22,25)/b15-6-,16-12+. The lowest BCUT2D eigenvalue weighted by molar-refractivity contribution is -0.143. The minimum atomic E-state index is -0.526. The molecule has 1 rings (SSSR count). The van der Waals surface area contributed by atoms with Gasteiger partial charge in [0.05, 0.1) is 0 Å². The summed E-state index contributed by atoms with van der Waals surface area (Å²) in [5.41, 5.74) is 3.01. The van der Waals surface area contributed by atoms with Crippen molar-refractivity contribution in [3.05, 3.63) is 47.1 Å². The second kappa shape index (κ2) is 11.8. The highest BCUT2D eigenvalue weighted by atomic mass is 16.5. The largest absolute Gasteiger partial charge is 0.504 e. The summed E-state index contributed by atoms with van der Waals surface area (Å²) in [4.78, 5) is 23.4. The van der Waals surface area contributed by atoms with Crippen LogP contribution in [0.2, 0.25) is 0 Å². The Balaban J connectivity index is 2.27. The Morgan fingerprint density at radius 1 is 1.15 bits per heavy atom. The number of amides is 1. The van der Waals surface area contributed by atoms with Crippen LogP contribution >= 0.6 is 0 Å². The van der Waals surface area contributed by atoms with Crippen LogP contribution in [-0.2, 0) is 20.7 Å². The van der Waals surface area contributed by atoms with Gasteiger partial charge in [0.1, 0.15) is 0 Å². The molecule has 1 aromatic carbocycles. The molecule has 3 N–H and O–H groups in total. The van der Waals surface area contributed by atoms with Crippen LogP contribution in [0.5, 0.6) is 11.5 Å². The first-order valence-corrected chi connectivity index (χ1v) is 9.09. The normalized spacial score (nSPS) is 12.0. The lowest BCUT2D eigenvalue weighted by atomic mass is 10.1. The van der Waals surface area contributed by atoms with Crippen molar-refractivity contribution in [2.24, 2.45) is 0 Å². The van der Waals surface area contributed by atoms with Crippen molar-refractivity contribution >= 4 is 11.9 Å². The summed E-state index contributed by atoms with van der Waals surface area (Å²) in [5, 5.41) is 21.3. The minimum Gasteiger partial charge on any atom is -0.504 e. The Kier molecular flexibility index (Phi) is 9.72. The van der Waals surface area contributed by atoms with E-state index in [0.29, 0.717) is 13.0 Å². The zero-order chi connectivity index (χ0) is 20.2. The van der Waals surface area contributed by atoms with Gasteiger partial charge in [0.15, 0.2) is 18.1 Å². The Labute approximate surface area is 160 Å². The monoisotopic (exact) mass is 375 g/mol. The second-order valence-electron chi connectivity index (χ2n) is 6.46. The number of carbonyl (C=O) groups excluding carboxylic acids is 2. The summed E-state index contributed by atoms with van der Waals surface area (Å²) in [6.45, 7) is 6.04. The number of rotatable bonds is 10. The van der Waals surface area contributed by atoms with Gasteiger partial charge in [-0.3, -0.25) is 4.79 Å². The summed E-state index contributed by atoms with van der Waals surface area (Å²) in [5.74, 6) is -1.30. The van der Waals surface area contributed by atoms with E-state index in [9.17, 15) is 19.8 Å². The topological polar surface area (TPSA) is 95.9 Å². The van der Waals surface area contributed by atoms with E-state index in [1.54, 1.807) is 6.07 Å². The predicted octanol–water partition coefficient (Wildman–Crippen LogP) is 3.38. The van der Waals surface area contributed by atoms with Gasteiger partial charge in [0, 0.05) is 12.6 Å². The fourth-order valence-corrected chi connectivity index (χ4v) is 2.26. The Morgan fingerprint density at radius 3 is 2.56 bits per heavy atom. The number of phenols is 2. The van der Waals surface area contributed by atoms with Crippen molar-refractivity contribution in [1.82, 2.24) is 5.32 Å². The van der Waals surface area contributed by atoms with Crippen LogP contribution in [0.15, 0.2) is 41.5 Å². The third-order valence-electron chi connectivity index (χ3n) is 4.07. The first kappa shape index (κ1) is 22.3. The van der Waals surface area contributed by atoms with E-state index in [2.05, 4.69) is 25.2 Å². The molecule has 0 radical (unpaired) electrons. The molecule has 6 heteroatoms. The van der Waals surface area contributed by atoms with Crippen LogP contribution in [0.1, 0.15) is 45.6 Å². The Bertz CT molecular complexity index is 707. The summed E-state index contributed by atoms with van der Waals surface area (Å²) in [6, 6.07) is 4.49. The lowest BCUT2D eigenvalue weighted by Gasteiger charge is -2.07.